The number of hydrogen-bond donors (Lipinski definition) is 1. The average molecular weight is 283 g/mol. The molecule has 0 aromatic carbocycles. The van der Waals surface area contributed by atoms with Crippen molar-refractivity contribution in [2.45, 2.75) is 20.0 Å². The van der Waals surface area contributed by atoms with E-state index in [0.29, 0.717) is 5.88 Å². The molecule has 0 atom stereocenters. The van der Waals surface area contributed by atoms with Gasteiger partial charge < -0.3 is 14.6 Å². The molecule has 0 aliphatic heterocycles. The van der Waals surface area contributed by atoms with Crippen LogP contribution in [0.4, 0.5) is 11.5 Å². The number of nitrogens with zero attached hydrogens (tertiary/aromatic N) is 4. The second-order valence-electron chi connectivity index (χ2n) is 5.03. The molecule has 0 aliphatic carbocycles. The summed E-state index contributed by atoms with van der Waals surface area (Å²) in [5, 5.41) is 3.29. The van der Waals surface area contributed by atoms with Crippen molar-refractivity contribution < 1.29 is 4.74 Å². The largest absolute Gasteiger partial charge is 0.473 e. The Kier molecular flexibility index (Phi) is 3.43. The third-order valence-electron chi connectivity index (χ3n) is 3.03. The topological polar surface area (TPSA) is 64.9 Å². The molecule has 3 aromatic rings. The zero-order chi connectivity index (χ0) is 14.8. The maximum Gasteiger partial charge on any atom is 0.237 e. The smallest absolute Gasteiger partial charge is 0.237 e. The highest BCUT2D eigenvalue weighted by Crippen LogP contribution is 2.28. The number of pyridine rings is 1. The second-order valence-corrected chi connectivity index (χ2v) is 5.03. The predicted molar refractivity (Wildman–Crippen MR) is 81.8 cm³/mol. The highest BCUT2D eigenvalue weighted by atomic mass is 16.5. The van der Waals surface area contributed by atoms with E-state index in [9.17, 15) is 0 Å². The minimum atomic E-state index is 0.0564. The fraction of sp³-hybridized carbons (Fsp3) is 0.267. The first kappa shape index (κ1) is 13.4. The van der Waals surface area contributed by atoms with E-state index < -0.39 is 0 Å². The Morgan fingerprint density at radius 1 is 1.19 bits per heavy atom. The van der Waals surface area contributed by atoms with Crippen LogP contribution in [0.5, 0.6) is 5.88 Å². The first-order chi connectivity index (χ1) is 10.1. The van der Waals surface area contributed by atoms with Gasteiger partial charge in [-0.05, 0) is 32.0 Å². The molecule has 1 N–H and O–H groups in total. The van der Waals surface area contributed by atoms with Crippen molar-refractivity contribution in [3.05, 3.63) is 36.9 Å². The van der Waals surface area contributed by atoms with Crippen LogP contribution in [-0.2, 0) is 7.05 Å². The van der Waals surface area contributed by atoms with Gasteiger partial charge in [0.25, 0.3) is 0 Å². The Labute approximate surface area is 122 Å². The summed E-state index contributed by atoms with van der Waals surface area (Å²) in [5.41, 5.74) is 2.62. The summed E-state index contributed by atoms with van der Waals surface area (Å²) in [5.74, 6) is 1.29. The summed E-state index contributed by atoms with van der Waals surface area (Å²) in [7, 11) is 1.96. The lowest BCUT2D eigenvalue weighted by Crippen LogP contribution is -2.09. The number of aryl methyl sites for hydroxylation is 1. The number of rotatable bonds is 4. The van der Waals surface area contributed by atoms with Crippen LogP contribution >= 0.6 is 0 Å². The molecule has 6 nitrogen and oxygen atoms in total. The summed E-state index contributed by atoms with van der Waals surface area (Å²) in [6.45, 7) is 3.94. The summed E-state index contributed by atoms with van der Waals surface area (Å²) >= 11 is 0. The molecule has 6 heteroatoms. The van der Waals surface area contributed by atoms with Gasteiger partial charge in [0.05, 0.1) is 11.6 Å². The Hall–Kier alpha value is -2.63. The molecule has 0 bridgehead atoms. The third kappa shape index (κ3) is 2.65. The van der Waals surface area contributed by atoms with E-state index >= 15 is 0 Å². The first-order valence-corrected chi connectivity index (χ1v) is 6.80. The van der Waals surface area contributed by atoms with Crippen molar-refractivity contribution in [1.82, 2.24) is 19.5 Å². The van der Waals surface area contributed by atoms with Gasteiger partial charge in [0.15, 0.2) is 5.82 Å². The van der Waals surface area contributed by atoms with E-state index in [2.05, 4.69) is 20.3 Å². The SMILES string of the molecule is CC(C)Oc1ncccc1Nc1ncnc2ccn(C)c12. The summed E-state index contributed by atoms with van der Waals surface area (Å²) < 4.78 is 7.70. The van der Waals surface area contributed by atoms with Gasteiger partial charge in [-0.2, -0.15) is 0 Å². The second kappa shape index (κ2) is 5.40. The fourth-order valence-electron chi connectivity index (χ4n) is 2.14. The van der Waals surface area contributed by atoms with E-state index in [0.717, 1.165) is 22.5 Å². The number of aromatic nitrogens is 4. The zero-order valence-electron chi connectivity index (χ0n) is 12.2. The van der Waals surface area contributed by atoms with E-state index in [1.807, 2.05) is 49.9 Å². The maximum atomic E-state index is 5.72. The predicted octanol–water partition coefficient (Wildman–Crippen LogP) is 2.89. The van der Waals surface area contributed by atoms with Gasteiger partial charge in [0, 0.05) is 19.4 Å². The minimum Gasteiger partial charge on any atom is -0.473 e. The number of hydrogen-bond acceptors (Lipinski definition) is 5. The van der Waals surface area contributed by atoms with Crippen LogP contribution in [0.2, 0.25) is 0 Å². The molecule has 0 saturated carbocycles. The van der Waals surface area contributed by atoms with Gasteiger partial charge in [0.2, 0.25) is 5.88 Å². The molecule has 108 valence electrons. The van der Waals surface area contributed by atoms with Crippen molar-refractivity contribution in [1.29, 1.82) is 0 Å². The lowest BCUT2D eigenvalue weighted by Gasteiger charge is -2.14. The Balaban J connectivity index is 2.01. The molecule has 21 heavy (non-hydrogen) atoms. The molecule has 3 heterocycles. The van der Waals surface area contributed by atoms with Crippen LogP contribution in [0.1, 0.15) is 13.8 Å². The molecule has 0 amide bonds. The van der Waals surface area contributed by atoms with Crippen molar-refractivity contribution in [2.75, 3.05) is 5.32 Å². The molecule has 0 radical (unpaired) electrons. The molecule has 0 spiro atoms. The van der Waals surface area contributed by atoms with Crippen LogP contribution in [0, 0.1) is 0 Å². The van der Waals surface area contributed by atoms with Gasteiger partial charge in [-0.3, -0.25) is 0 Å². The van der Waals surface area contributed by atoms with Gasteiger partial charge in [0.1, 0.15) is 17.5 Å². The summed E-state index contributed by atoms with van der Waals surface area (Å²) in [6.07, 6.45) is 5.27. The van der Waals surface area contributed by atoms with E-state index in [-0.39, 0.29) is 6.10 Å². The zero-order valence-corrected chi connectivity index (χ0v) is 12.2. The van der Waals surface area contributed by atoms with E-state index in [1.165, 1.54) is 0 Å². The normalized spacial score (nSPS) is 11.0. The molecule has 0 unspecified atom stereocenters. The quantitative estimate of drug-likeness (QED) is 0.797. The van der Waals surface area contributed by atoms with Crippen LogP contribution < -0.4 is 10.1 Å². The fourth-order valence-corrected chi connectivity index (χ4v) is 2.14. The summed E-state index contributed by atoms with van der Waals surface area (Å²) in [4.78, 5) is 12.9. The lowest BCUT2D eigenvalue weighted by atomic mass is 10.3. The number of fused-ring (bicyclic) bond motifs is 1. The molecule has 3 aromatic heterocycles. The first-order valence-electron chi connectivity index (χ1n) is 6.80. The number of nitrogens with one attached hydrogen (secondary N) is 1. The molecule has 0 saturated heterocycles. The number of ether oxygens (including phenoxy) is 1. The molecule has 0 aliphatic rings. The Bertz CT molecular complexity index is 766. The van der Waals surface area contributed by atoms with Gasteiger partial charge in [-0.1, -0.05) is 0 Å². The Morgan fingerprint density at radius 2 is 2.05 bits per heavy atom. The van der Waals surface area contributed by atoms with E-state index in [1.54, 1.807) is 12.5 Å². The van der Waals surface area contributed by atoms with Gasteiger partial charge in [-0.15, -0.1) is 0 Å². The van der Waals surface area contributed by atoms with Gasteiger partial charge in [-0.25, -0.2) is 15.0 Å². The lowest BCUT2D eigenvalue weighted by molar-refractivity contribution is 0.234. The molecular formula is C15H17N5O. The van der Waals surface area contributed by atoms with Crippen molar-refractivity contribution in [2.24, 2.45) is 7.05 Å². The van der Waals surface area contributed by atoms with Crippen molar-refractivity contribution in [3.63, 3.8) is 0 Å². The van der Waals surface area contributed by atoms with Gasteiger partial charge >= 0.3 is 0 Å². The Morgan fingerprint density at radius 3 is 2.86 bits per heavy atom. The molecule has 3 rings (SSSR count). The molecule has 0 fully saturated rings. The standard InChI is InChI=1S/C15H17N5O/c1-10(2)21-15-12(5-4-7-16-15)19-14-13-11(17-9-18-14)6-8-20(13)3/h4-10H,1-3H3,(H,17,18,19). The van der Waals surface area contributed by atoms with Crippen LogP contribution in [0.25, 0.3) is 11.0 Å². The summed E-state index contributed by atoms with van der Waals surface area (Å²) in [6, 6.07) is 5.73. The van der Waals surface area contributed by atoms with Crippen LogP contribution in [-0.4, -0.2) is 25.6 Å². The monoisotopic (exact) mass is 283 g/mol. The van der Waals surface area contributed by atoms with Crippen molar-refractivity contribution >= 4 is 22.5 Å². The molecular weight excluding hydrogens is 266 g/mol. The minimum absolute atomic E-state index is 0.0564. The van der Waals surface area contributed by atoms with Crippen LogP contribution in [0.3, 0.4) is 0 Å². The maximum absolute atomic E-state index is 5.72. The number of anilines is 2. The highest BCUT2D eigenvalue weighted by Gasteiger charge is 2.11. The average Bonchev–Trinajstić information content (AvgIpc) is 2.83. The van der Waals surface area contributed by atoms with Crippen LogP contribution in [0.15, 0.2) is 36.9 Å². The van der Waals surface area contributed by atoms with E-state index in [4.69, 9.17) is 4.74 Å². The third-order valence-corrected chi connectivity index (χ3v) is 3.03. The van der Waals surface area contributed by atoms with Crippen molar-refractivity contribution in [3.8, 4) is 5.88 Å². The highest BCUT2D eigenvalue weighted by molar-refractivity contribution is 5.88.